The molecule has 6 atom stereocenters. The van der Waals surface area contributed by atoms with Crippen molar-refractivity contribution < 1.29 is 64.7 Å². The molecule has 1 rings (SSSR count). The number of rotatable bonds is 48. The van der Waals surface area contributed by atoms with Crippen molar-refractivity contribution in [1.29, 1.82) is 0 Å². The van der Waals surface area contributed by atoms with Crippen LogP contribution in [0.15, 0.2) is 6.20 Å². The summed E-state index contributed by atoms with van der Waals surface area (Å²) in [5, 5.41) is 98.7. The Hall–Kier alpha value is -2.79. The van der Waals surface area contributed by atoms with Crippen molar-refractivity contribution in [3.05, 3.63) is 23.0 Å². The number of pyridine rings is 1. The van der Waals surface area contributed by atoms with Gasteiger partial charge in [-0.3, -0.25) is 24.4 Å². The summed E-state index contributed by atoms with van der Waals surface area (Å²) in [7, 11) is 0. The fourth-order valence-corrected chi connectivity index (χ4v) is 7.25. The zero-order valence-corrected chi connectivity index (χ0v) is 43.4. The molecule has 1 heterocycles. The summed E-state index contributed by atoms with van der Waals surface area (Å²) in [4.78, 5) is 35.2. The lowest BCUT2D eigenvalue weighted by atomic mass is 10.1. The Bertz CT molecular complexity index is 1480. The van der Waals surface area contributed by atoms with Gasteiger partial charge < -0.3 is 92.3 Å². The first kappa shape index (κ1) is 66.2. The first-order chi connectivity index (χ1) is 34.2. The monoisotopic (exact) mass is 1020 g/mol. The van der Waals surface area contributed by atoms with Gasteiger partial charge in [0.1, 0.15) is 55.6 Å². The molecule has 0 fully saturated rings. The molecule has 23 heteroatoms. The van der Waals surface area contributed by atoms with Gasteiger partial charge in [0.2, 0.25) is 0 Å². The summed E-state index contributed by atoms with van der Waals surface area (Å²) < 4.78 is 15.0. The van der Waals surface area contributed by atoms with Gasteiger partial charge in [-0.25, -0.2) is 0 Å². The Balaban J connectivity index is 2.49. The lowest BCUT2D eigenvalue weighted by molar-refractivity contribution is -0.156. The van der Waals surface area contributed by atoms with Crippen LogP contribution in [0.1, 0.15) is 76.1 Å². The Morgan fingerprint density at radius 3 is 1.49 bits per heavy atom. The van der Waals surface area contributed by atoms with Crippen LogP contribution in [0.3, 0.4) is 0 Å². The highest BCUT2D eigenvalue weighted by molar-refractivity contribution is 5.69. The van der Waals surface area contributed by atoms with Crippen LogP contribution in [-0.2, 0) is 37.0 Å². The van der Waals surface area contributed by atoms with Crippen LogP contribution in [0.25, 0.3) is 0 Å². The van der Waals surface area contributed by atoms with Crippen LogP contribution in [-0.4, -0.2) is 260 Å². The Morgan fingerprint density at radius 2 is 1.03 bits per heavy atom. The van der Waals surface area contributed by atoms with Crippen molar-refractivity contribution >= 4 is 11.9 Å². The van der Waals surface area contributed by atoms with Gasteiger partial charge in [0.05, 0.1) is 31.9 Å². The molecule has 416 valence electrons. The number of ether oxygens (including phenoxy) is 3. The summed E-state index contributed by atoms with van der Waals surface area (Å²) in [6.45, 7) is 21.3. The number of aromatic nitrogens is 1. The summed E-state index contributed by atoms with van der Waals surface area (Å²) >= 11 is 0. The van der Waals surface area contributed by atoms with E-state index in [1.807, 2.05) is 0 Å². The number of aromatic hydroxyl groups is 1. The van der Waals surface area contributed by atoms with E-state index in [1.54, 1.807) is 20.0 Å². The number of carbonyl (C=O) groups is 2. The number of hydrogen-bond acceptors (Lipinski definition) is 23. The number of unbranched alkanes of at least 4 members (excludes halogenated alkanes) is 1. The molecule has 0 aromatic carbocycles. The number of aryl methyl sites for hydroxylation is 1. The second-order valence-corrected chi connectivity index (χ2v) is 17.9. The predicted molar refractivity (Wildman–Crippen MR) is 272 cm³/mol. The maximum absolute atomic E-state index is 12.4. The number of aliphatic hydroxyl groups excluding tert-OH is 7. The third kappa shape index (κ3) is 31.5. The van der Waals surface area contributed by atoms with Crippen molar-refractivity contribution in [2.45, 2.75) is 116 Å². The van der Waals surface area contributed by atoms with Crippen molar-refractivity contribution in [3.8, 4) is 5.75 Å². The number of esters is 2. The molecule has 0 saturated carbocycles. The highest BCUT2D eigenvalue weighted by Crippen LogP contribution is 2.23. The maximum Gasteiger partial charge on any atom is 0.307 e. The largest absolute Gasteiger partial charge is 0.506 e. The van der Waals surface area contributed by atoms with Crippen LogP contribution in [0.4, 0.5) is 0 Å². The average molecular weight is 1020 g/mol. The van der Waals surface area contributed by atoms with E-state index in [2.05, 4.69) is 60.1 Å². The number of nitrogens with one attached hydrogen (secondary N) is 5. The third-order valence-corrected chi connectivity index (χ3v) is 11.8. The highest BCUT2D eigenvalue weighted by Gasteiger charge is 2.29. The Kier molecular flexibility index (Phi) is 39.7. The molecule has 0 aliphatic carbocycles. The van der Waals surface area contributed by atoms with Gasteiger partial charge in [-0.2, -0.15) is 0 Å². The molecular weight excluding hydrogens is 925 g/mol. The second-order valence-electron chi connectivity index (χ2n) is 17.9. The lowest BCUT2D eigenvalue weighted by Crippen LogP contribution is -2.45. The molecule has 6 unspecified atom stereocenters. The van der Waals surface area contributed by atoms with E-state index in [1.165, 1.54) is 0 Å². The van der Waals surface area contributed by atoms with Gasteiger partial charge in [0.25, 0.3) is 0 Å². The Labute approximate surface area is 423 Å². The predicted octanol–water partition coefficient (Wildman–Crippen LogP) is -3.43. The average Bonchev–Trinajstić information content (AvgIpc) is 3.36. The van der Waals surface area contributed by atoms with Gasteiger partial charge in [-0.15, -0.1) is 0 Å². The molecule has 15 N–H and O–H groups in total. The first-order valence-corrected chi connectivity index (χ1v) is 25.9. The quantitative estimate of drug-likeness (QED) is 0.0223. The fourth-order valence-electron chi connectivity index (χ4n) is 7.25. The van der Waals surface area contributed by atoms with Crippen LogP contribution in [0.2, 0.25) is 0 Å². The SMILES string of the molecule is CCCCN(CCNCCC(=O)OCC(O)C(O)C(O)COCC(O)C(O)C(O)COC(=O)CCC)CCNCCN(CCNCCN(CCN)CCNCCC)CCNCc1c(CO)cnc(C)c1O. The number of hydrogen-bond donors (Lipinski definition) is 14. The van der Waals surface area contributed by atoms with E-state index in [4.69, 9.17) is 19.9 Å². The van der Waals surface area contributed by atoms with Gasteiger partial charge in [0.15, 0.2) is 0 Å². The van der Waals surface area contributed by atoms with Gasteiger partial charge in [-0.1, -0.05) is 27.2 Å². The minimum absolute atomic E-state index is 0.0234. The number of nitrogens with two attached hydrogens (primary N) is 1. The molecule has 23 nitrogen and oxygen atoms in total. The molecule has 0 spiro atoms. The van der Waals surface area contributed by atoms with Crippen molar-refractivity contribution in [3.63, 3.8) is 0 Å². The summed E-state index contributed by atoms with van der Waals surface area (Å²) in [6, 6.07) is 0. The smallest absolute Gasteiger partial charge is 0.307 e. The topological polar surface area (TPSA) is 332 Å². The van der Waals surface area contributed by atoms with Gasteiger partial charge >= 0.3 is 11.9 Å². The molecule has 1 aromatic rings. The molecule has 0 amide bonds. The Morgan fingerprint density at radius 1 is 0.592 bits per heavy atom. The van der Waals surface area contributed by atoms with Crippen LogP contribution < -0.4 is 32.3 Å². The second kappa shape index (κ2) is 42.6. The van der Waals surface area contributed by atoms with Crippen LogP contribution >= 0.6 is 0 Å². The van der Waals surface area contributed by atoms with E-state index in [0.717, 1.165) is 117 Å². The van der Waals surface area contributed by atoms with Crippen molar-refractivity contribution in [1.82, 2.24) is 46.3 Å². The standard InChI is InChI=1S/C48H96N10O13/c1-5-8-21-56(23-15-51-13-10-45(65)71-36-43(63)48(68)41(61)34-69-33-40(60)47(67)42(62)35-70-44(64)9-6-2)24-16-52-18-27-58(28-19-53-17-26-57(22-11-49)25-14-50-12-7-3)29-20-54-31-39-38(32-59)30-55-37(4)46(39)66/h30,40-43,47-48,50-54,59-63,66-68H,5-29,31-36,49H2,1-4H3. The summed E-state index contributed by atoms with van der Waals surface area (Å²) in [5.41, 5.74) is 7.68. The van der Waals surface area contributed by atoms with E-state index < -0.39 is 75.0 Å². The number of carbonyl (C=O) groups excluding carboxylic acids is 2. The van der Waals surface area contributed by atoms with Crippen LogP contribution in [0.5, 0.6) is 5.75 Å². The molecule has 0 bridgehead atoms. The number of aliphatic hydroxyl groups is 7. The normalized spacial score (nSPS) is 14.5. The minimum atomic E-state index is -1.75. The van der Waals surface area contributed by atoms with E-state index in [0.29, 0.717) is 56.0 Å². The molecular formula is C48H96N10O13. The zero-order chi connectivity index (χ0) is 52.7. The molecule has 71 heavy (non-hydrogen) atoms. The lowest BCUT2D eigenvalue weighted by Gasteiger charge is -2.25. The molecule has 0 saturated heterocycles. The van der Waals surface area contributed by atoms with E-state index in [-0.39, 0.29) is 25.2 Å². The fraction of sp³-hybridized carbons (Fsp3) is 0.854. The molecule has 1 aromatic heterocycles. The highest BCUT2D eigenvalue weighted by atomic mass is 16.6. The zero-order valence-electron chi connectivity index (χ0n) is 43.4. The molecule has 0 radical (unpaired) electrons. The minimum Gasteiger partial charge on any atom is -0.506 e. The maximum atomic E-state index is 12.4. The molecule has 0 aliphatic heterocycles. The van der Waals surface area contributed by atoms with E-state index >= 15 is 0 Å². The van der Waals surface area contributed by atoms with Gasteiger partial charge in [0, 0.05) is 142 Å². The first-order valence-electron chi connectivity index (χ1n) is 25.9. The summed E-state index contributed by atoms with van der Waals surface area (Å²) in [5.74, 6) is -1.04. The number of nitrogens with zero attached hydrogens (tertiary/aromatic N) is 4. The molecule has 0 aliphatic rings. The summed E-state index contributed by atoms with van der Waals surface area (Å²) in [6.07, 6.45) is -4.33. The third-order valence-electron chi connectivity index (χ3n) is 11.8. The van der Waals surface area contributed by atoms with Gasteiger partial charge in [-0.05, 0) is 39.3 Å². The van der Waals surface area contributed by atoms with Crippen LogP contribution in [0, 0.1) is 6.92 Å². The van der Waals surface area contributed by atoms with E-state index in [9.17, 15) is 50.4 Å². The van der Waals surface area contributed by atoms with Crippen molar-refractivity contribution in [2.75, 3.05) is 151 Å². The van der Waals surface area contributed by atoms with Crippen molar-refractivity contribution in [2.24, 2.45) is 5.73 Å².